The van der Waals surface area contributed by atoms with Gasteiger partial charge in [0.05, 0.1) is 0 Å². The number of rotatable bonds is 3. The third kappa shape index (κ3) is 3.59. The molecule has 1 rings (SSSR count). The van der Waals surface area contributed by atoms with Gasteiger partial charge in [-0.1, -0.05) is 0 Å². The summed E-state index contributed by atoms with van der Waals surface area (Å²) in [5.41, 5.74) is 8.07. The Morgan fingerprint density at radius 3 is 2.41 bits per heavy atom. The van der Waals surface area contributed by atoms with E-state index in [0.29, 0.717) is 22.6 Å². The Morgan fingerprint density at radius 2 is 1.94 bits per heavy atom. The van der Waals surface area contributed by atoms with Gasteiger partial charge in [-0.15, -0.1) is 0 Å². The highest BCUT2D eigenvalue weighted by Crippen LogP contribution is 2.26. The van der Waals surface area contributed by atoms with Crippen molar-refractivity contribution >= 4 is 5.69 Å². The lowest BCUT2D eigenvalue weighted by Crippen LogP contribution is -2.32. The molecule has 0 aliphatic rings. The van der Waals surface area contributed by atoms with Gasteiger partial charge in [0.2, 0.25) is 0 Å². The molecule has 1 aromatic heterocycles. The Bertz CT molecular complexity index is 402. The SMILES string of the molecule is Cc1cc(N(C)CC(F)(F)F)c(CN)c(C)n1. The van der Waals surface area contributed by atoms with Crippen LogP contribution in [0.2, 0.25) is 0 Å². The molecule has 3 nitrogen and oxygen atoms in total. The number of nitrogens with zero attached hydrogens (tertiary/aromatic N) is 2. The molecule has 0 amide bonds. The van der Waals surface area contributed by atoms with Gasteiger partial charge in [-0.2, -0.15) is 13.2 Å². The molecular formula is C11H16F3N3. The quantitative estimate of drug-likeness (QED) is 0.890. The first-order chi connectivity index (χ1) is 7.74. The molecule has 96 valence electrons. The lowest BCUT2D eigenvalue weighted by atomic mass is 10.1. The van der Waals surface area contributed by atoms with Crippen molar-refractivity contribution in [2.45, 2.75) is 26.6 Å². The molecule has 0 aromatic carbocycles. The molecule has 0 unspecified atom stereocenters. The summed E-state index contributed by atoms with van der Waals surface area (Å²) < 4.78 is 37.0. The predicted molar refractivity (Wildman–Crippen MR) is 60.9 cm³/mol. The zero-order valence-corrected chi connectivity index (χ0v) is 10.1. The number of aryl methyl sites for hydroxylation is 2. The molecule has 0 radical (unpaired) electrons. The van der Waals surface area contributed by atoms with Crippen LogP contribution in [0, 0.1) is 13.8 Å². The molecule has 1 aromatic rings. The van der Waals surface area contributed by atoms with Crippen LogP contribution in [0.3, 0.4) is 0 Å². The van der Waals surface area contributed by atoms with Crippen LogP contribution in [0.1, 0.15) is 17.0 Å². The van der Waals surface area contributed by atoms with Crippen LogP contribution >= 0.6 is 0 Å². The average molecular weight is 247 g/mol. The molecule has 0 aliphatic heterocycles. The number of nitrogens with two attached hydrogens (primary N) is 1. The second-order valence-corrected chi connectivity index (χ2v) is 4.02. The van der Waals surface area contributed by atoms with Gasteiger partial charge in [-0.25, -0.2) is 0 Å². The fourth-order valence-electron chi connectivity index (χ4n) is 1.78. The standard InChI is InChI=1S/C11H16F3N3/c1-7-4-10(9(5-15)8(2)16-7)17(3)6-11(12,13)14/h4H,5-6,15H2,1-3H3. The molecule has 0 bridgehead atoms. The predicted octanol–water partition coefficient (Wildman–Crippen LogP) is 2.16. The van der Waals surface area contributed by atoms with Crippen molar-refractivity contribution in [2.24, 2.45) is 5.73 Å². The van der Waals surface area contributed by atoms with Crippen LogP contribution in [0.25, 0.3) is 0 Å². The van der Waals surface area contributed by atoms with Gasteiger partial charge in [0.1, 0.15) is 6.54 Å². The Morgan fingerprint density at radius 1 is 1.35 bits per heavy atom. The fraction of sp³-hybridized carbons (Fsp3) is 0.545. The second kappa shape index (κ2) is 4.91. The Labute approximate surface area is 98.4 Å². The van der Waals surface area contributed by atoms with Crippen molar-refractivity contribution < 1.29 is 13.2 Å². The van der Waals surface area contributed by atoms with E-state index in [2.05, 4.69) is 4.98 Å². The summed E-state index contributed by atoms with van der Waals surface area (Å²) in [5.74, 6) is 0. The van der Waals surface area contributed by atoms with Gasteiger partial charge in [-0.05, 0) is 19.9 Å². The highest BCUT2D eigenvalue weighted by atomic mass is 19.4. The minimum Gasteiger partial charge on any atom is -0.365 e. The summed E-state index contributed by atoms with van der Waals surface area (Å²) in [6.07, 6.45) is -4.23. The van der Waals surface area contributed by atoms with E-state index in [-0.39, 0.29) is 6.54 Å². The topological polar surface area (TPSA) is 42.1 Å². The zero-order valence-electron chi connectivity index (χ0n) is 10.1. The number of halogens is 3. The molecule has 0 saturated carbocycles. The molecule has 2 N–H and O–H groups in total. The Hall–Kier alpha value is -1.30. The summed E-state index contributed by atoms with van der Waals surface area (Å²) in [6, 6.07) is 1.63. The third-order valence-corrected chi connectivity index (χ3v) is 2.47. The number of alkyl halides is 3. The van der Waals surface area contributed by atoms with E-state index < -0.39 is 12.7 Å². The van der Waals surface area contributed by atoms with Gasteiger partial charge in [0.25, 0.3) is 0 Å². The van der Waals surface area contributed by atoms with Crippen molar-refractivity contribution in [3.05, 3.63) is 23.0 Å². The van der Waals surface area contributed by atoms with Crippen molar-refractivity contribution in [1.82, 2.24) is 4.98 Å². The van der Waals surface area contributed by atoms with Crippen LogP contribution in [-0.2, 0) is 6.54 Å². The summed E-state index contributed by atoms with van der Waals surface area (Å²) in [4.78, 5) is 5.35. The molecule has 0 saturated heterocycles. The average Bonchev–Trinajstić information content (AvgIpc) is 2.13. The lowest BCUT2D eigenvalue weighted by Gasteiger charge is -2.24. The third-order valence-electron chi connectivity index (χ3n) is 2.47. The molecule has 0 spiro atoms. The van der Waals surface area contributed by atoms with Gasteiger partial charge in [0.15, 0.2) is 0 Å². The van der Waals surface area contributed by atoms with E-state index in [1.165, 1.54) is 7.05 Å². The molecule has 17 heavy (non-hydrogen) atoms. The first kappa shape index (κ1) is 13.8. The van der Waals surface area contributed by atoms with Crippen LogP contribution < -0.4 is 10.6 Å². The summed E-state index contributed by atoms with van der Waals surface area (Å²) in [5, 5.41) is 0. The van der Waals surface area contributed by atoms with Crippen LogP contribution in [-0.4, -0.2) is 24.8 Å². The van der Waals surface area contributed by atoms with Crippen molar-refractivity contribution in [3.63, 3.8) is 0 Å². The van der Waals surface area contributed by atoms with E-state index in [0.717, 1.165) is 4.90 Å². The van der Waals surface area contributed by atoms with Crippen LogP contribution in [0.5, 0.6) is 0 Å². The van der Waals surface area contributed by atoms with E-state index >= 15 is 0 Å². The van der Waals surface area contributed by atoms with Gasteiger partial charge < -0.3 is 10.6 Å². The maximum absolute atomic E-state index is 12.3. The maximum Gasteiger partial charge on any atom is 0.405 e. The van der Waals surface area contributed by atoms with Gasteiger partial charge in [0, 0.05) is 36.2 Å². The number of aromatic nitrogens is 1. The summed E-state index contributed by atoms with van der Waals surface area (Å²) >= 11 is 0. The van der Waals surface area contributed by atoms with Crippen LogP contribution in [0.15, 0.2) is 6.07 Å². The maximum atomic E-state index is 12.3. The zero-order chi connectivity index (χ0) is 13.2. The van der Waals surface area contributed by atoms with Crippen molar-refractivity contribution in [1.29, 1.82) is 0 Å². The Kier molecular flexibility index (Phi) is 3.98. The van der Waals surface area contributed by atoms with Gasteiger partial charge >= 0.3 is 6.18 Å². The fourth-order valence-corrected chi connectivity index (χ4v) is 1.78. The van der Waals surface area contributed by atoms with Crippen molar-refractivity contribution in [2.75, 3.05) is 18.5 Å². The first-order valence-electron chi connectivity index (χ1n) is 5.19. The normalized spacial score (nSPS) is 11.7. The molecule has 6 heteroatoms. The molecule has 0 atom stereocenters. The first-order valence-corrected chi connectivity index (χ1v) is 5.19. The van der Waals surface area contributed by atoms with E-state index in [1.807, 2.05) is 0 Å². The number of hydrogen-bond donors (Lipinski definition) is 1. The highest BCUT2D eigenvalue weighted by Gasteiger charge is 2.30. The molecule has 0 fully saturated rings. The molecule has 0 aliphatic carbocycles. The van der Waals surface area contributed by atoms with Crippen LogP contribution in [0.4, 0.5) is 18.9 Å². The largest absolute Gasteiger partial charge is 0.405 e. The van der Waals surface area contributed by atoms with Gasteiger partial charge in [-0.3, -0.25) is 4.98 Å². The summed E-state index contributed by atoms with van der Waals surface area (Å²) in [7, 11) is 1.40. The highest BCUT2D eigenvalue weighted by molar-refractivity contribution is 5.55. The monoisotopic (exact) mass is 247 g/mol. The molecular weight excluding hydrogens is 231 g/mol. The van der Waals surface area contributed by atoms with E-state index in [4.69, 9.17) is 5.73 Å². The van der Waals surface area contributed by atoms with E-state index in [9.17, 15) is 13.2 Å². The van der Waals surface area contributed by atoms with E-state index in [1.54, 1.807) is 19.9 Å². The summed E-state index contributed by atoms with van der Waals surface area (Å²) in [6.45, 7) is 2.68. The molecule has 1 heterocycles. The minimum absolute atomic E-state index is 0.177. The van der Waals surface area contributed by atoms with Crippen molar-refractivity contribution in [3.8, 4) is 0 Å². The number of anilines is 1. The Balaban J connectivity index is 3.11. The number of hydrogen-bond acceptors (Lipinski definition) is 3. The number of pyridine rings is 1. The smallest absolute Gasteiger partial charge is 0.365 e. The lowest BCUT2D eigenvalue weighted by molar-refractivity contribution is -0.119. The minimum atomic E-state index is -4.23. The second-order valence-electron chi connectivity index (χ2n) is 4.02.